The van der Waals surface area contributed by atoms with E-state index < -0.39 is 0 Å². The fourth-order valence-corrected chi connectivity index (χ4v) is 2.00. The maximum Gasteiger partial charge on any atom is 0.375 e. The molecule has 1 atom stereocenters. The lowest BCUT2D eigenvalue weighted by Gasteiger charge is -2.08. The minimum Gasteiger partial charge on any atom is -0.454 e. The fraction of sp³-hybridized carbons (Fsp3) is 0.333. The molecule has 0 spiro atoms. The third-order valence-corrected chi connectivity index (χ3v) is 3.07. The second-order valence-electron chi connectivity index (χ2n) is 3.75. The molecule has 0 unspecified atom stereocenters. The van der Waals surface area contributed by atoms with Crippen molar-refractivity contribution in [3.8, 4) is 0 Å². The number of carbonyl (C=O) groups is 1. The van der Waals surface area contributed by atoms with Gasteiger partial charge in [-0.1, -0.05) is 19.1 Å². The summed E-state index contributed by atoms with van der Waals surface area (Å²) in [5, 5.41) is 0.248. The molecule has 0 aliphatic carbocycles. The standard InChI is InChI=1S/C12H14N2O2S/c1-3-8(2)16-12(15)17-11-13-9-6-4-5-7-10(9)14-11/h4-8H,3H2,1-2H3,(H,13,14)/t8-/m0/s1. The van der Waals surface area contributed by atoms with Gasteiger partial charge < -0.3 is 9.72 Å². The van der Waals surface area contributed by atoms with Crippen molar-refractivity contribution in [2.75, 3.05) is 0 Å². The average molecular weight is 250 g/mol. The van der Waals surface area contributed by atoms with Gasteiger partial charge in [-0.25, -0.2) is 9.78 Å². The van der Waals surface area contributed by atoms with Crippen LogP contribution in [0.5, 0.6) is 0 Å². The van der Waals surface area contributed by atoms with E-state index in [9.17, 15) is 4.79 Å². The number of ether oxygens (including phenoxy) is 1. The van der Waals surface area contributed by atoms with E-state index >= 15 is 0 Å². The lowest BCUT2D eigenvalue weighted by Crippen LogP contribution is -2.09. The van der Waals surface area contributed by atoms with Gasteiger partial charge in [-0.2, -0.15) is 0 Å². The number of H-pyrrole nitrogens is 1. The van der Waals surface area contributed by atoms with Crippen LogP contribution in [-0.4, -0.2) is 21.4 Å². The van der Waals surface area contributed by atoms with E-state index in [1.54, 1.807) is 0 Å². The number of imidazole rings is 1. The van der Waals surface area contributed by atoms with E-state index in [2.05, 4.69) is 9.97 Å². The molecule has 0 aliphatic rings. The van der Waals surface area contributed by atoms with Crippen LogP contribution in [0.3, 0.4) is 0 Å². The molecule has 0 saturated heterocycles. The van der Waals surface area contributed by atoms with E-state index in [1.165, 1.54) is 0 Å². The van der Waals surface area contributed by atoms with Gasteiger partial charge in [0.1, 0.15) is 0 Å². The van der Waals surface area contributed by atoms with Gasteiger partial charge in [0.15, 0.2) is 5.16 Å². The van der Waals surface area contributed by atoms with Crippen molar-refractivity contribution in [3.05, 3.63) is 24.3 Å². The molecule has 4 nitrogen and oxygen atoms in total. The predicted molar refractivity (Wildman–Crippen MR) is 68.2 cm³/mol. The number of benzene rings is 1. The number of para-hydroxylation sites is 2. The quantitative estimate of drug-likeness (QED) is 0.668. The van der Waals surface area contributed by atoms with Crippen molar-refractivity contribution in [2.45, 2.75) is 31.5 Å². The number of nitrogens with one attached hydrogen (secondary N) is 1. The topological polar surface area (TPSA) is 55.0 Å². The van der Waals surface area contributed by atoms with Crippen LogP contribution in [0, 0.1) is 0 Å². The van der Waals surface area contributed by atoms with E-state index in [1.807, 2.05) is 38.1 Å². The highest BCUT2D eigenvalue weighted by Crippen LogP contribution is 2.21. The second kappa shape index (κ2) is 5.23. The van der Waals surface area contributed by atoms with E-state index in [4.69, 9.17) is 4.74 Å². The number of thioether (sulfide) groups is 1. The van der Waals surface area contributed by atoms with Gasteiger partial charge in [0.05, 0.1) is 17.1 Å². The molecule has 0 aliphatic heterocycles. The van der Waals surface area contributed by atoms with E-state index in [-0.39, 0.29) is 11.4 Å². The number of nitrogens with zero attached hydrogens (tertiary/aromatic N) is 1. The zero-order valence-electron chi connectivity index (χ0n) is 9.77. The molecule has 0 radical (unpaired) electrons. The zero-order chi connectivity index (χ0) is 12.3. The van der Waals surface area contributed by atoms with Crippen LogP contribution in [0.25, 0.3) is 11.0 Å². The summed E-state index contributed by atoms with van der Waals surface area (Å²) < 4.78 is 5.16. The number of aromatic amines is 1. The van der Waals surface area contributed by atoms with Crippen LogP contribution >= 0.6 is 11.8 Å². The predicted octanol–water partition coefficient (Wildman–Crippen LogP) is 3.59. The molecule has 5 heteroatoms. The molecule has 0 fully saturated rings. The molecule has 1 heterocycles. The third-order valence-electron chi connectivity index (χ3n) is 2.42. The summed E-state index contributed by atoms with van der Waals surface area (Å²) >= 11 is 0.985. The largest absolute Gasteiger partial charge is 0.454 e. The fourth-order valence-electron chi connectivity index (χ4n) is 1.33. The van der Waals surface area contributed by atoms with Gasteiger partial charge in [-0.05, 0) is 25.5 Å². The van der Waals surface area contributed by atoms with Gasteiger partial charge in [0, 0.05) is 11.8 Å². The first-order valence-corrected chi connectivity index (χ1v) is 6.34. The molecule has 90 valence electrons. The highest BCUT2D eigenvalue weighted by Gasteiger charge is 2.12. The molecule has 1 aromatic heterocycles. The van der Waals surface area contributed by atoms with E-state index in [0.29, 0.717) is 5.16 Å². The van der Waals surface area contributed by atoms with Gasteiger partial charge in [-0.15, -0.1) is 0 Å². The number of rotatable bonds is 3. The van der Waals surface area contributed by atoms with Crippen molar-refractivity contribution in [1.29, 1.82) is 0 Å². The maximum atomic E-state index is 11.5. The van der Waals surface area contributed by atoms with E-state index in [0.717, 1.165) is 29.2 Å². The third kappa shape index (κ3) is 3.00. The Hall–Kier alpha value is -1.49. The summed E-state index contributed by atoms with van der Waals surface area (Å²) in [5.41, 5.74) is 1.78. The van der Waals surface area contributed by atoms with Gasteiger partial charge in [-0.3, -0.25) is 0 Å². The van der Waals surface area contributed by atoms with Crippen molar-refractivity contribution in [3.63, 3.8) is 0 Å². The number of hydrogen-bond donors (Lipinski definition) is 1. The van der Waals surface area contributed by atoms with Crippen LogP contribution in [0.1, 0.15) is 20.3 Å². The number of hydrogen-bond acceptors (Lipinski definition) is 4. The van der Waals surface area contributed by atoms with Crippen molar-refractivity contribution >= 4 is 28.1 Å². The minimum absolute atomic E-state index is 0.0561. The molecular weight excluding hydrogens is 236 g/mol. The summed E-state index contributed by atoms with van der Waals surface area (Å²) in [6, 6.07) is 7.66. The Morgan fingerprint density at radius 1 is 1.53 bits per heavy atom. The van der Waals surface area contributed by atoms with Crippen LogP contribution in [0.2, 0.25) is 0 Å². The number of aromatic nitrogens is 2. The molecule has 0 saturated carbocycles. The molecule has 2 aromatic rings. The maximum absolute atomic E-state index is 11.5. The Labute approximate surface area is 104 Å². The summed E-state index contributed by atoms with van der Waals surface area (Å²) in [7, 11) is 0. The molecule has 0 bridgehead atoms. The smallest absolute Gasteiger partial charge is 0.375 e. The van der Waals surface area contributed by atoms with Crippen molar-refractivity contribution < 1.29 is 9.53 Å². The minimum atomic E-state index is -0.321. The molecule has 1 aromatic carbocycles. The first-order chi connectivity index (χ1) is 8.19. The Balaban J connectivity index is 2.05. The van der Waals surface area contributed by atoms with Crippen LogP contribution in [0.4, 0.5) is 4.79 Å². The normalized spacial score (nSPS) is 12.6. The molecule has 0 amide bonds. The summed E-state index contributed by atoms with van der Waals surface area (Å²) in [6.07, 6.45) is 0.756. The summed E-state index contributed by atoms with van der Waals surface area (Å²) in [4.78, 5) is 18.9. The Morgan fingerprint density at radius 3 is 3.00 bits per heavy atom. The van der Waals surface area contributed by atoms with Gasteiger partial charge >= 0.3 is 5.30 Å². The molecule has 2 rings (SSSR count). The molecule has 17 heavy (non-hydrogen) atoms. The highest BCUT2D eigenvalue weighted by molar-refractivity contribution is 8.13. The SMILES string of the molecule is CC[C@H](C)OC(=O)Sc1nc2ccccc2[nH]1. The zero-order valence-corrected chi connectivity index (χ0v) is 10.6. The van der Waals surface area contributed by atoms with Crippen LogP contribution < -0.4 is 0 Å². The first-order valence-electron chi connectivity index (χ1n) is 5.52. The van der Waals surface area contributed by atoms with Crippen molar-refractivity contribution in [2.24, 2.45) is 0 Å². The monoisotopic (exact) mass is 250 g/mol. The summed E-state index contributed by atoms with van der Waals surface area (Å²) in [5.74, 6) is 0. The average Bonchev–Trinajstić information content (AvgIpc) is 2.70. The number of carbonyl (C=O) groups excluding carboxylic acids is 1. The number of fused-ring (bicyclic) bond motifs is 1. The lowest BCUT2D eigenvalue weighted by molar-refractivity contribution is 0.130. The first kappa shape index (κ1) is 12.0. The molecule has 1 N–H and O–H groups in total. The second-order valence-corrected chi connectivity index (χ2v) is 4.67. The van der Waals surface area contributed by atoms with Crippen molar-refractivity contribution in [1.82, 2.24) is 9.97 Å². The van der Waals surface area contributed by atoms with Crippen LogP contribution in [-0.2, 0) is 4.74 Å². The lowest BCUT2D eigenvalue weighted by atomic mass is 10.3. The van der Waals surface area contributed by atoms with Gasteiger partial charge in [0.2, 0.25) is 0 Å². The van der Waals surface area contributed by atoms with Gasteiger partial charge in [0.25, 0.3) is 0 Å². The Morgan fingerprint density at radius 2 is 2.29 bits per heavy atom. The Bertz CT molecular complexity index is 491. The Kier molecular flexibility index (Phi) is 3.68. The van der Waals surface area contributed by atoms with Crippen LogP contribution in [0.15, 0.2) is 29.4 Å². The highest BCUT2D eigenvalue weighted by atomic mass is 32.2. The molecular formula is C12H14N2O2S. The summed E-state index contributed by atoms with van der Waals surface area (Å²) in [6.45, 7) is 3.85.